The molecule has 2 aliphatic rings. The lowest BCUT2D eigenvalue weighted by Gasteiger charge is -2.42. The largest absolute Gasteiger partial charge is 0.480 e. The van der Waals surface area contributed by atoms with E-state index >= 15 is 0 Å². The van der Waals surface area contributed by atoms with Crippen LogP contribution >= 0.6 is 0 Å². The summed E-state index contributed by atoms with van der Waals surface area (Å²) in [4.78, 5) is 29.8. The zero-order chi connectivity index (χ0) is 18.8. The van der Waals surface area contributed by atoms with Crippen LogP contribution in [0.5, 0.6) is 0 Å². The number of aromatic nitrogens is 1. The molecule has 0 radical (unpaired) electrons. The summed E-state index contributed by atoms with van der Waals surface area (Å²) in [7, 11) is 0. The number of nitrogens with one attached hydrogen (secondary N) is 1. The van der Waals surface area contributed by atoms with E-state index < -0.39 is 5.97 Å². The standard InChI is InChI=1S/C20H23N3O4/c24-18(25)11-23(10-13-6-7-13)16-8-15(9-16)21-19(26)17-12-27-20(22-17)14-4-2-1-3-5-14/h1-5,12-13,15-16H,6-11H2,(H,21,26)(H,24,25). The van der Waals surface area contributed by atoms with E-state index in [4.69, 9.17) is 9.52 Å². The van der Waals surface area contributed by atoms with Gasteiger partial charge in [0, 0.05) is 24.2 Å². The van der Waals surface area contributed by atoms with E-state index in [1.807, 2.05) is 35.2 Å². The van der Waals surface area contributed by atoms with Gasteiger partial charge in [-0.3, -0.25) is 14.5 Å². The van der Waals surface area contributed by atoms with E-state index in [-0.39, 0.29) is 30.2 Å². The smallest absolute Gasteiger partial charge is 0.317 e. The summed E-state index contributed by atoms with van der Waals surface area (Å²) >= 11 is 0. The van der Waals surface area contributed by atoms with Crippen molar-refractivity contribution < 1.29 is 19.1 Å². The molecular formula is C20H23N3O4. The van der Waals surface area contributed by atoms with Crippen LogP contribution in [-0.4, -0.2) is 52.0 Å². The number of benzene rings is 1. The SMILES string of the molecule is O=C(O)CN(CC1CC1)C1CC(NC(=O)c2coc(-c3ccccc3)n2)C1. The zero-order valence-corrected chi connectivity index (χ0v) is 15.0. The highest BCUT2D eigenvalue weighted by Crippen LogP contribution is 2.33. The van der Waals surface area contributed by atoms with Crippen molar-refractivity contribution in [2.24, 2.45) is 5.92 Å². The van der Waals surface area contributed by atoms with Crippen molar-refractivity contribution in [2.45, 2.75) is 37.8 Å². The van der Waals surface area contributed by atoms with Gasteiger partial charge in [-0.2, -0.15) is 0 Å². The second-order valence-electron chi connectivity index (χ2n) is 7.47. The Bertz CT molecular complexity index is 810. The predicted molar refractivity (Wildman–Crippen MR) is 98.1 cm³/mol. The first-order valence-electron chi connectivity index (χ1n) is 9.36. The normalized spacial score (nSPS) is 21.7. The average Bonchev–Trinajstić information content (AvgIpc) is 3.29. The van der Waals surface area contributed by atoms with Crippen LogP contribution in [0.4, 0.5) is 0 Å². The first-order chi connectivity index (χ1) is 13.1. The molecule has 2 fully saturated rings. The van der Waals surface area contributed by atoms with Gasteiger partial charge in [0.1, 0.15) is 6.26 Å². The van der Waals surface area contributed by atoms with Crippen LogP contribution in [0, 0.1) is 5.92 Å². The van der Waals surface area contributed by atoms with Gasteiger partial charge in [-0.05, 0) is 43.7 Å². The number of nitrogens with zero attached hydrogens (tertiary/aromatic N) is 2. The summed E-state index contributed by atoms with van der Waals surface area (Å²) in [5, 5.41) is 12.1. The Morgan fingerprint density at radius 3 is 2.63 bits per heavy atom. The topological polar surface area (TPSA) is 95.7 Å². The lowest BCUT2D eigenvalue weighted by molar-refractivity contribution is -0.139. The van der Waals surface area contributed by atoms with E-state index in [0.717, 1.165) is 24.9 Å². The Hall–Kier alpha value is -2.67. The minimum atomic E-state index is -0.792. The molecule has 27 heavy (non-hydrogen) atoms. The molecular weight excluding hydrogens is 346 g/mol. The van der Waals surface area contributed by atoms with E-state index in [1.165, 1.54) is 19.1 Å². The number of carboxylic acids is 1. The summed E-state index contributed by atoms with van der Waals surface area (Å²) < 4.78 is 5.41. The Morgan fingerprint density at radius 1 is 1.22 bits per heavy atom. The van der Waals surface area contributed by atoms with Gasteiger partial charge in [0.15, 0.2) is 5.69 Å². The Morgan fingerprint density at radius 2 is 1.96 bits per heavy atom. The quantitative estimate of drug-likeness (QED) is 0.742. The number of carbonyl (C=O) groups is 2. The summed E-state index contributed by atoms with van der Waals surface area (Å²) in [5.74, 6) is 0.0179. The molecule has 1 aromatic heterocycles. The third-order valence-electron chi connectivity index (χ3n) is 5.25. The van der Waals surface area contributed by atoms with Crippen molar-refractivity contribution in [2.75, 3.05) is 13.1 Å². The monoisotopic (exact) mass is 369 g/mol. The number of amides is 1. The zero-order valence-electron chi connectivity index (χ0n) is 15.0. The van der Waals surface area contributed by atoms with Gasteiger partial charge >= 0.3 is 5.97 Å². The number of oxazole rings is 1. The summed E-state index contributed by atoms with van der Waals surface area (Å²) in [6.45, 7) is 0.924. The first kappa shape index (κ1) is 17.7. The number of carboxylic acid groups (broad SMARTS) is 1. The fourth-order valence-corrected chi connectivity index (χ4v) is 3.50. The summed E-state index contributed by atoms with van der Waals surface area (Å²) in [6, 6.07) is 9.71. The minimum absolute atomic E-state index is 0.0508. The molecule has 0 aliphatic heterocycles. The number of aliphatic carboxylic acids is 1. The van der Waals surface area contributed by atoms with Crippen molar-refractivity contribution in [3.63, 3.8) is 0 Å². The number of hydrogen-bond acceptors (Lipinski definition) is 5. The van der Waals surface area contributed by atoms with Crippen molar-refractivity contribution in [1.29, 1.82) is 0 Å². The van der Waals surface area contributed by atoms with E-state index in [9.17, 15) is 9.59 Å². The highest BCUT2D eigenvalue weighted by molar-refractivity contribution is 5.92. The molecule has 1 aromatic carbocycles. The second-order valence-corrected chi connectivity index (χ2v) is 7.47. The van der Waals surface area contributed by atoms with Crippen LogP contribution in [-0.2, 0) is 4.79 Å². The molecule has 2 N–H and O–H groups in total. The van der Waals surface area contributed by atoms with Crippen molar-refractivity contribution in [1.82, 2.24) is 15.2 Å². The van der Waals surface area contributed by atoms with Crippen LogP contribution in [0.25, 0.3) is 11.5 Å². The van der Waals surface area contributed by atoms with Crippen LogP contribution in [0.1, 0.15) is 36.2 Å². The highest BCUT2D eigenvalue weighted by Gasteiger charge is 2.38. The lowest BCUT2D eigenvalue weighted by Crippen LogP contribution is -2.55. The molecule has 142 valence electrons. The van der Waals surface area contributed by atoms with Gasteiger partial charge in [-0.1, -0.05) is 18.2 Å². The fraction of sp³-hybridized carbons (Fsp3) is 0.450. The van der Waals surface area contributed by atoms with Gasteiger partial charge in [0.05, 0.1) is 6.54 Å². The molecule has 0 bridgehead atoms. The molecule has 0 saturated heterocycles. The number of carbonyl (C=O) groups excluding carboxylic acids is 1. The maximum Gasteiger partial charge on any atom is 0.317 e. The fourth-order valence-electron chi connectivity index (χ4n) is 3.50. The third-order valence-corrected chi connectivity index (χ3v) is 5.25. The van der Waals surface area contributed by atoms with Gasteiger partial charge in [-0.15, -0.1) is 0 Å². The number of rotatable bonds is 8. The summed E-state index contributed by atoms with van der Waals surface area (Å²) in [6.07, 6.45) is 5.31. The van der Waals surface area contributed by atoms with E-state index in [2.05, 4.69) is 10.3 Å². The van der Waals surface area contributed by atoms with Gasteiger partial charge in [0.25, 0.3) is 5.91 Å². The molecule has 7 heteroatoms. The van der Waals surface area contributed by atoms with Gasteiger partial charge < -0.3 is 14.8 Å². The van der Waals surface area contributed by atoms with Crippen LogP contribution < -0.4 is 5.32 Å². The lowest BCUT2D eigenvalue weighted by atomic mass is 9.85. The minimum Gasteiger partial charge on any atom is -0.480 e. The average molecular weight is 369 g/mol. The van der Waals surface area contributed by atoms with Crippen LogP contribution in [0.3, 0.4) is 0 Å². The van der Waals surface area contributed by atoms with Crippen LogP contribution in [0.2, 0.25) is 0 Å². The maximum atomic E-state index is 12.4. The van der Waals surface area contributed by atoms with Crippen LogP contribution in [0.15, 0.2) is 41.0 Å². The molecule has 2 aliphatic carbocycles. The second kappa shape index (κ2) is 7.52. The van der Waals surface area contributed by atoms with Crippen molar-refractivity contribution >= 4 is 11.9 Å². The van der Waals surface area contributed by atoms with Crippen molar-refractivity contribution in [3.8, 4) is 11.5 Å². The third kappa shape index (κ3) is 4.36. The van der Waals surface area contributed by atoms with E-state index in [1.54, 1.807) is 0 Å². The Labute approximate surface area is 157 Å². The molecule has 1 amide bonds. The molecule has 4 rings (SSSR count). The van der Waals surface area contributed by atoms with Crippen molar-refractivity contribution in [3.05, 3.63) is 42.3 Å². The molecule has 2 aromatic rings. The molecule has 0 spiro atoms. The van der Waals surface area contributed by atoms with E-state index in [0.29, 0.717) is 11.8 Å². The molecule has 0 atom stereocenters. The molecule has 1 heterocycles. The van der Waals surface area contributed by atoms with Gasteiger partial charge in [-0.25, -0.2) is 4.98 Å². The number of hydrogen-bond donors (Lipinski definition) is 2. The highest BCUT2D eigenvalue weighted by atomic mass is 16.4. The molecule has 0 unspecified atom stereocenters. The Balaban J connectivity index is 1.30. The predicted octanol–water partition coefficient (Wildman–Crippen LogP) is 2.40. The first-order valence-corrected chi connectivity index (χ1v) is 9.36. The molecule has 2 saturated carbocycles. The van der Waals surface area contributed by atoms with Gasteiger partial charge in [0.2, 0.25) is 5.89 Å². The maximum absolute atomic E-state index is 12.4. The Kier molecular flexibility index (Phi) is 4.94. The summed E-state index contributed by atoms with van der Waals surface area (Å²) in [5.41, 5.74) is 1.09. The molecule has 7 nitrogen and oxygen atoms in total.